The van der Waals surface area contributed by atoms with E-state index in [-0.39, 0.29) is 17.6 Å². The molecule has 0 aliphatic heterocycles. The average Bonchev–Trinajstić information content (AvgIpc) is 3.57. The van der Waals surface area contributed by atoms with E-state index in [1.165, 1.54) is 0 Å². The molecule has 4 aromatic heterocycles. The highest BCUT2D eigenvalue weighted by Crippen LogP contribution is 2.29. The molecule has 0 saturated carbocycles. The summed E-state index contributed by atoms with van der Waals surface area (Å²) in [7, 11) is 3.92. The number of benzene rings is 1. The number of aromatic nitrogens is 5. The molecule has 0 aliphatic rings. The molecule has 0 unspecified atom stereocenters. The van der Waals surface area contributed by atoms with E-state index in [1.807, 2.05) is 66.1 Å². The van der Waals surface area contributed by atoms with Crippen LogP contribution in [0.3, 0.4) is 0 Å². The first-order chi connectivity index (χ1) is 17.7. The number of thiazole rings is 1. The minimum Gasteiger partial charge on any atom is -0.361 e. The van der Waals surface area contributed by atoms with Crippen LogP contribution in [0.2, 0.25) is 0 Å². The minimum atomic E-state index is -0.128. The fourth-order valence-electron chi connectivity index (χ4n) is 4.02. The van der Waals surface area contributed by atoms with Crippen LogP contribution >= 0.6 is 11.3 Å². The van der Waals surface area contributed by atoms with Gasteiger partial charge in [-0.1, -0.05) is 61.5 Å². The van der Waals surface area contributed by atoms with E-state index in [9.17, 15) is 4.79 Å². The fourth-order valence-corrected chi connectivity index (χ4v) is 4.97. The molecule has 0 saturated heterocycles. The number of imidazole rings is 1. The SMILES string of the molecule is CNCCN(C)c1ncc2c(n1)sc1nc(-c3ccc(CC(=O)Cc4cc(C(C)(C)C)on4)cc3)cn12. The maximum absolute atomic E-state index is 12.6. The summed E-state index contributed by atoms with van der Waals surface area (Å²) >= 11 is 1.55. The van der Waals surface area contributed by atoms with Crippen LogP contribution in [0.25, 0.3) is 26.6 Å². The molecule has 0 atom stereocenters. The number of fused-ring (bicyclic) bond motifs is 3. The second-order valence-corrected chi connectivity index (χ2v) is 11.2. The lowest BCUT2D eigenvalue weighted by Crippen LogP contribution is -2.28. The Bertz CT molecular complexity index is 1540. The summed E-state index contributed by atoms with van der Waals surface area (Å²) in [6.07, 6.45) is 4.49. The molecule has 192 valence electrons. The van der Waals surface area contributed by atoms with Crippen LogP contribution in [0, 0.1) is 0 Å². The summed E-state index contributed by atoms with van der Waals surface area (Å²) in [6, 6.07) is 9.87. The van der Waals surface area contributed by atoms with Gasteiger partial charge in [-0.25, -0.2) is 15.0 Å². The van der Waals surface area contributed by atoms with E-state index in [2.05, 4.69) is 36.2 Å². The van der Waals surface area contributed by atoms with E-state index < -0.39 is 0 Å². The number of ketones is 1. The zero-order chi connectivity index (χ0) is 26.2. The Morgan fingerprint density at radius 3 is 2.65 bits per heavy atom. The Balaban J connectivity index is 1.27. The number of nitrogens with zero attached hydrogens (tertiary/aromatic N) is 6. The van der Waals surface area contributed by atoms with Gasteiger partial charge in [-0.15, -0.1) is 0 Å². The van der Waals surface area contributed by atoms with Gasteiger partial charge >= 0.3 is 0 Å². The Hall–Kier alpha value is -3.63. The molecule has 0 fully saturated rings. The maximum atomic E-state index is 12.6. The molecule has 0 spiro atoms. The van der Waals surface area contributed by atoms with Crippen LogP contribution in [0.5, 0.6) is 0 Å². The predicted molar refractivity (Wildman–Crippen MR) is 146 cm³/mol. The van der Waals surface area contributed by atoms with Crippen molar-refractivity contribution in [2.75, 3.05) is 32.1 Å². The number of nitrogens with one attached hydrogen (secondary N) is 1. The lowest BCUT2D eigenvalue weighted by Gasteiger charge is -2.16. The van der Waals surface area contributed by atoms with Gasteiger partial charge in [0.2, 0.25) is 5.95 Å². The number of hydrogen-bond donors (Lipinski definition) is 1. The molecular weight excluding hydrogens is 486 g/mol. The summed E-state index contributed by atoms with van der Waals surface area (Å²) in [6.45, 7) is 7.87. The summed E-state index contributed by atoms with van der Waals surface area (Å²) < 4.78 is 7.43. The van der Waals surface area contributed by atoms with Crippen molar-refractivity contribution in [1.82, 2.24) is 29.8 Å². The third kappa shape index (κ3) is 5.40. The smallest absolute Gasteiger partial charge is 0.226 e. The predicted octanol–water partition coefficient (Wildman–Crippen LogP) is 4.30. The van der Waals surface area contributed by atoms with Gasteiger partial charge in [0.25, 0.3) is 0 Å². The van der Waals surface area contributed by atoms with Crippen LogP contribution in [0.15, 0.2) is 47.2 Å². The second kappa shape index (κ2) is 10.0. The molecular formula is C27H31N7O2S. The van der Waals surface area contributed by atoms with Gasteiger partial charge in [0.05, 0.1) is 24.0 Å². The van der Waals surface area contributed by atoms with Crippen molar-refractivity contribution < 1.29 is 9.32 Å². The van der Waals surface area contributed by atoms with E-state index in [0.29, 0.717) is 18.1 Å². The zero-order valence-electron chi connectivity index (χ0n) is 21.8. The fraction of sp³-hybridized carbons (Fsp3) is 0.370. The Kier molecular flexibility index (Phi) is 6.78. The van der Waals surface area contributed by atoms with Crippen LogP contribution in [0.1, 0.15) is 37.8 Å². The molecule has 9 nitrogen and oxygen atoms in total. The molecule has 5 aromatic rings. The van der Waals surface area contributed by atoms with Crippen LogP contribution in [0.4, 0.5) is 5.95 Å². The summed E-state index contributed by atoms with van der Waals surface area (Å²) in [5, 5.41) is 7.20. The second-order valence-electron chi connectivity index (χ2n) is 10.3. The van der Waals surface area contributed by atoms with Crippen molar-refractivity contribution in [2.45, 2.75) is 39.0 Å². The molecule has 0 aliphatic carbocycles. The Labute approximate surface area is 219 Å². The zero-order valence-corrected chi connectivity index (χ0v) is 22.6. The lowest BCUT2D eigenvalue weighted by molar-refractivity contribution is -0.117. The quantitative estimate of drug-likeness (QED) is 0.309. The van der Waals surface area contributed by atoms with Gasteiger partial charge in [-0.05, 0) is 12.6 Å². The van der Waals surface area contributed by atoms with Crippen molar-refractivity contribution >= 4 is 38.4 Å². The van der Waals surface area contributed by atoms with Crippen LogP contribution in [-0.4, -0.2) is 57.5 Å². The highest BCUT2D eigenvalue weighted by Gasteiger charge is 2.20. The van der Waals surface area contributed by atoms with Gasteiger partial charge in [-0.2, -0.15) is 0 Å². The molecule has 0 radical (unpaired) electrons. The lowest BCUT2D eigenvalue weighted by atomic mass is 9.93. The first-order valence-electron chi connectivity index (χ1n) is 12.3. The standard InChI is InChI=1S/C27H31N7O2S/c1-27(2,3)23-14-19(32-36-23)13-20(35)12-17-6-8-18(9-7-17)21-16-34-22-15-29-25(33(5)11-10-28-4)31-24(22)37-26(34)30-21/h6-9,14-16,28H,10-13H2,1-5H3. The van der Waals surface area contributed by atoms with Crippen molar-refractivity contribution in [3.8, 4) is 11.3 Å². The van der Waals surface area contributed by atoms with E-state index in [1.54, 1.807) is 11.3 Å². The molecule has 1 N–H and O–H groups in total. The first-order valence-corrected chi connectivity index (χ1v) is 13.1. The molecule has 0 amide bonds. The monoisotopic (exact) mass is 517 g/mol. The number of hydrogen-bond acceptors (Lipinski definition) is 9. The molecule has 5 rings (SSSR count). The largest absolute Gasteiger partial charge is 0.361 e. The van der Waals surface area contributed by atoms with Crippen LogP contribution in [-0.2, 0) is 23.1 Å². The van der Waals surface area contributed by atoms with E-state index >= 15 is 0 Å². The van der Waals surface area contributed by atoms with Gasteiger partial charge in [0.15, 0.2) is 4.96 Å². The van der Waals surface area contributed by atoms with Crippen molar-refractivity contribution in [2.24, 2.45) is 0 Å². The van der Waals surface area contributed by atoms with E-state index in [0.717, 1.165) is 51.0 Å². The van der Waals surface area contributed by atoms with Crippen molar-refractivity contribution in [3.63, 3.8) is 0 Å². The van der Waals surface area contributed by atoms with E-state index in [4.69, 9.17) is 14.5 Å². The third-order valence-corrected chi connectivity index (χ3v) is 7.17. The summed E-state index contributed by atoms with van der Waals surface area (Å²) in [5.74, 6) is 1.60. The maximum Gasteiger partial charge on any atom is 0.226 e. The minimum absolute atomic E-state index is 0.103. The molecule has 10 heteroatoms. The highest BCUT2D eigenvalue weighted by molar-refractivity contribution is 7.23. The summed E-state index contributed by atoms with van der Waals surface area (Å²) in [4.78, 5) is 30.5. The molecule has 1 aromatic carbocycles. The summed E-state index contributed by atoms with van der Waals surface area (Å²) in [5.41, 5.74) is 4.32. The highest BCUT2D eigenvalue weighted by atomic mass is 32.1. The van der Waals surface area contributed by atoms with Crippen LogP contribution < -0.4 is 10.2 Å². The third-order valence-electron chi connectivity index (χ3n) is 6.21. The van der Waals surface area contributed by atoms with Gasteiger partial charge in [0, 0.05) is 49.8 Å². The number of rotatable bonds is 9. The number of carbonyl (C=O) groups is 1. The van der Waals surface area contributed by atoms with Crippen molar-refractivity contribution in [3.05, 3.63) is 59.7 Å². The number of Topliss-reactive ketones (excluding diaryl/α,β-unsaturated/α-hetero) is 1. The Morgan fingerprint density at radius 2 is 1.95 bits per heavy atom. The molecule has 0 bridgehead atoms. The average molecular weight is 518 g/mol. The normalized spacial score (nSPS) is 12.0. The Morgan fingerprint density at radius 1 is 1.16 bits per heavy atom. The molecule has 4 heterocycles. The molecule has 37 heavy (non-hydrogen) atoms. The van der Waals surface area contributed by atoms with Gasteiger partial charge < -0.3 is 14.7 Å². The van der Waals surface area contributed by atoms with Crippen molar-refractivity contribution in [1.29, 1.82) is 0 Å². The van der Waals surface area contributed by atoms with Gasteiger partial charge in [0.1, 0.15) is 21.9 Å². The number of likely N-dealkylation sites (N-methyl/N-ethyl adjacent to an activating group) is 2. The topological polar surface area (TPSA) is 101 Å². The number of carbonyl (C=O) groups excluding carboxylic acids is 1. The number of anilines is 1. The first kappa shape index (κ1) is 25.0. The van der Waals surface area contributed by atoms with Gasteiger partial charge in [-0.3, -0.25) is 9.20 Å².